The van der Waals surface area contributed by atoms with Crippen LogP contribution in [0, 0.1) is 111 Å². The second kappa shape index (κ2) is 12.2. The lowest BCUT2D eigenvalue weighted by atomic mass is 9.36. The third-order valence-corrected chi connectivity index (χ3v) is 17.0. The summed E-state index contributed by atoms with van der Waals surface area (Å²) in [5.41, 5.74) is 38.0. The summed E-state index contributed by atoms with van der Waals surface area (Å²) in [5, 5.41) is 8.29. The van der Waals surface area contributed by atoms with Crippen molar-refractivity contribution in [3.63, 3.8) is 0 Å². The summed E-state index contributed by atoms with van der Waals surface area (Å²) in [6.45, 7) is 38.1. The topological polar surface area (TPSA) is 0 Å². The van der Waals surface area contributed by atoms with Crippen LogP contribution < -0.4 is 32.8 Å². The van der Waals surface area contributed by atoms with Crippen molar-refractivity contribution in [2.75, 3.05) is 0 Å². The van der Waals surface area contributed by atoms with Gasteiger partial charge in [0.25, 0.3) is 0 Å². The van der Waals surface area contributed by atoms with Crippen molar-refractivity contribution in [1.82, 2.24) is 0 Å². The van der Waals surface area contributed by atoms with E-state index >= 15 is 0 Å². The van der Waals surface area contributed by atoms with Gasteiger partial charge >= 0.3 is 0 Å². The van der Waals surface area contributed by atoms with E-state index in [1.54, 1.807) is 0 Å². The van der Waals surface area contributed by atoms with Gasteiger partial charge in [-0.1, -0.05) is 104 Å². The second-order valence-corrected chi connectivity index (χ2v) is 18.8. The molecule has 0 unspecified atom stereocenters. The van der Waals surface area contributed by atoms with Crippen LogP contribution in [0.25, 0.3) is 54.6 Å². The summed E-state index contributed by atoms with van der Waals surface area (Å²) in [6.07, 6.45) is 0. The van der Waals surface area contributed by atoms with E-state index in [9.17, 15) is 0 Å². The summed E-state index contributed by atoms with van der Waals surface area (Å²) < 4.78 is 0. The van der Waals surface area contributed by atoms with E-state index in [0.29, 0.717) is 0 Å². The number of rotatable bonds is 2. The van der Waals surface area contributed by atoms with Gasteiger partial charge < -0.3 is 0 Å². The molecule has 0 saturated carbocycles. The van der Waals surface area contributed by atoms with E-state index in [1.165, 1.54) is 176 Å². The fourth-order valence-corrected chi connectivity index (χ4v) is 12.4. The minimum Gasteiger partial charge on any atom is -0.0657 e. The van der Waals surface area contributed by atoms with Crippen LogP contribution in [0.1, 0.15) is 89.0 Å². The van der Waals surface area contributed by atoms with E-state index in [-0.39, 0.29) is 13.4 Å². The molecule has 8 aromatic carbocycles. The van der Waals surface area contributed by atoms with Crippen LogP contribution in [0.5, 0.6) is 0 Å². The fourth-order valence-electron chi connectivity index (χ4n) is 12.4. The molecule has 0 N–H and O–H groups in total. The number of benzene rings is 8. The highest BCUT2D eigenvalue weighted by Crippen LogP contribution is 2.41. The van der Waals surface area contributed by atoms with Gasteiger partial charge in [0.2, 0.25) is 13.4 Å². The predicted molar refractivity (Wildman–Crippen MR) is 259 cm³/mol. The van der Waals surface area contributed by atoms with Crippen molar-refractivity contribution in [2.45, 2.75) is 111 Å². The Labute approximate surface area is 347 Å². The fraction of sp³-hybridized carbons (Fsp3) is 0.286. The summed E-state index contributed by atoms with van der Waals surface area (Å²) in [7, 11) is 0. The molecule has 10 rings (SSSR count). The average molecular weight is 751 g/mol. The van der Waals surface area contributed by atoms with Crippen molar-refractivity contribution in [2.24, 2.45) is 0 Å². The average Bonchev–Trinajstić information content (AvgIpc) is 3.77. The first kappa shape index (κ1) is 37.2. The minimum absolute atomic E-state index is 0.173. The quantitative estimate of drug-likeness (QED) is 0.122. The van der Waals surface area contributed by atoms with Gasteiger partial charge in [0.05, 0.1) is 0 Å². The van der Waals surface area contributed by atoms with Gasteiger partial charge in [0, 0.05) is 0 Å². The first-order valence-corrected chi connectivity index (χ1v) is 21.6. The molecule has 0 fully saturated rings. The SMILES string of the molecule is Cc1c(C)c(C)c2c(c1C)B(c1ccc3ccc4c(B5c6c(C)c(C)c(C)c(C)c6-c6c(C)c(C)c(C)c(C)c65)ccc5ccc1c3c54)c1c(C)c(C)c(C)c(C)c1-2. The Morgan fingerprint density at radius 3 is 0.724 bits per heavy atom. The standard InChI is InChI=1S/C56H56B2/c1-25-29(5)37(13)53-47(33(25)9)48-34(10)26(2)30(6)38(14)54(48)57(53)45-23-19-41-18-22-44-46(24-20-42-17-21-43(45)51(41)52(42)44)58-55-39(15)31(7)27(3)35(11)49(55)50-36(12)28(4)32(8)40(16)56(50)58/h17-24H,1-16H3. The van der Waals surface area contributed by atoms with E-state index in [0.717, 1.165) is 0 Å². The van der Waals surface area contributed by atoms with Crippen molar-refractivity contribution in [3.05, 3.63) is 138 Å². The lowest BCUT2D eigenvalue weighted by Crippen LogP contribution is -2.52. The first-order valence-electron chi connectivity index (χ1n) is 21.6. The van der Waals surface area contributed by atoms with Crippen LogP contribution in [0.4, 0.5) is 0 Å². The molecule has 2 heteroatoms. The summed E-state index contributed by atoms with van der Waals surface area (Å²) in [4.78, 5) is 0. The zero-order valence-corrected chi connectivity index (χ0v) is 37.8. The molecule has 286 valence electrons. The molecule has 0 amide bonds. The van der Waals surface area contributed by atoms with E-state index in [4.69, 9.17) is 0 Å². The molecule has 0 aliphatic carbocycles. The molecule has 8 aromatic rings. The largest absolute Gasteiger partial charge is 0.244 e. The molecule has 0 radical (unpaired) electrons. The van der Waals surface area contributed by atoms with Gasteiger partial charge in [0.1, 0.15) is 0 Å². The molecule has 0 bridgehead atoms. The number of fused-ring (bicyclic) bond motifs is 6. The normalized spacial score (nSPS) is 13.1. The van der Waals surface area contributed by atoms with E-state index < -0.39 is 0 Å². The van der Waals surface area contributed by atoms with E-state index in [1.807, 2.05) is 0 Å². The highest BCUT2D eigenvalue weighted by molar-refractivity contribution is 7.02. The van der Waals surface area contributed by atoms with Crippen LogP contribution in [0.15, 0.2) is 48.5 Å². The van der Waals surface area contributed by atoms with Gasteiger partial charge in [-0.3, -0.25) is 0 Å². The maximum Gasteiger partial charge on any atom is 0.244 e. The minimum atomic E-state index is 0.173. The zero-order chi connectivity index (χ0) is 41.3. The molecule has 2 heterocycles. The maximum absolute atomic E-state index is 2.48. The molecular formula is C56H56B2. The summed E-state index contributed by atoms with van der Waals surface area (Å²) in [6, 6.07) is 19.6. The lowest BCUT2D eigenvalue weighted by molar-refractivity contribution is 1.22. The molecule has 0 saturated heterocycles. The molecule has 0 nitrogen and oxygen atoms in total. The number of hydrogen-bond donors (Lipinski definition) is 0. The van der Waals surface area contributed by atoms with Gasteiger partial charge in [0.15, 0.2) is 0 Å². The third kappa shape index (κ3) is 4.35. The van der Waals surface area contributed by atoms with Crippen molar-refractivity contribution in [1.29, 1.82) is 0 Å². The van der Waals surface area contributed by atoms with Gasteiger partial charge in [-0.05, 0) is 232 Å². The molecule has 2 aliphatic heterocycles. The Hall–Kier alpha value is -5.07. The Bertz CT molecular complexity index is 2870. The first-order chi connectivity index (χ1) is 27.5. The van der Waals surface area contributed by atoms with Crippen LogP contribution in [-0.4, -0.2) is 13.4 Å². The Kier molecular flexibility index (Phi) is 7.85. The molecule has 2 aliphatic rings. The highest BCUT2D eigenvalue weighted by Gasteiger charge is 2.43. The summed E-state index contributed by atoms with van der Waals surface area (Å²) >= 11 is 0. The highest BCUT2D eigenvalue weighted by atomic mass is 14.3. The monoisotopic (exact) mass is 750 g/mol. The van der Waals surface area contributed by atoms with Crippen molar-refractivity contribution >= 4 is 78.5 Å². The lowest BCUT2D eigenvalue weighted by Gasteiger charge is -2.24. The third-order valence-electron chi connectivity index (χ3n) is 17.0. The number of hydrogen-bond acceptors (Lipinski definition) is 0. The van der Waals surface area contributed by atoms with Gasteiger partial charge in [-0.15, -0.1) is 0 Å². The predicted octanol–water partition coefficient (Wildman–Crippen LogP) is 10.5. The zero-order valence-electron chi connectivity index (χ0n) is 37.8. The summed E-state index contributed by atoms with van der Waals surface area (Å²) in [5.74, 6) is 0. The molecule has 58 heavy (non-hydrogen) atoms. The van der Waals surface area contributed by atoms with Crippen LogP contribution in [-0.2, 0) is 0 Å². The molecule has 0 spiro atoms. The Morgan fingerprint density at radius 1 is 0.241 bits per heavy atom. The maximum atomic E-state index is 2.48. The van der Waals surface area contributed by atoms with Gasteiger partial charge in [-0.25, -0.2) is 0 Å². The Morgan fingerprint density at radius 2 is 0.466 bits per heavy atom. The smallest absolute Gasteiger partial charge is 0.0657 e. The molecule has 0 atom stereocenters. The van der Waals surface area contributed by atoms with Gasteiger partial charge in [-0.2, -0.15) is 0 Å². The molecular weight excluding hydrogens is 694 g/mol. The second-order valence-electron chi connectivity index (χ2n) is 18.8. The van der Waals surface area contributed by atoms with E-state index in [2.05, 4.69) is 159 Å². The molecule has 0 aromatic heterocycles. The van der Waals surface area contributed by atoms with Crippen molar-refractivity contribution in [3.8, 4) is 22.3 Å². The Balaban J connectivity index is 1.32. The van der Waals surface area contributed by atoms with Crippen LogP contribution in [0.2, 0.25) is 0 Å². The van der Waals surface area contributed by atoms with Crippen LogP contribution in [0.3, 0.4) is 0 Å². The van der Waals surface area contributed by atoms with Crippen LogP contribution >= 0.6 is 0 Å². The van der Waals surface area contributed by atoms with Crippen molar-refractivity contribution < 1.29 is 0 Å².